The third kappa shape index (κ3) is 3.62. The quantitative estimate of drug-likeness (QED) is 0.442. The van der Waals surface area contributed by atoms with Gasteiger partial charge in [-0.05, 0) is 65.8 Å². The van der Waals surface area contributed by atoms with Crippen molar-refractivity contribution >= 4 is 32.8 Å². The van der Waals surface area contributed by atoms with Gasteiger partial charge in [0.1, 0.15) is 0 Å². The van der Waals surface area contributed by atoms with Gasteiger partial charge in [0.25, 0.3) is 10.1 Å². The molecule has 0 bridgehead atoms. The Balaban J connectivity index is 1.92. The molecule has 1 unspecified atom stereocenters. The second-order valence-corrected chi connectivity index (χ2v) is 9.48. The van der Waals surface area contributed by atoms with Crippen LogP contribution in [0.4, 0.5) is 0 Å². The fourth-order valence-corrected chi connectivity index (χ4v) is 5.65. The molecule has 150 valence electrons. The molecule has 3 aromatic rings. The SMILES string of the molecule is CCc1cc2ccccc2c(C2(OS(=O)(=O)c3ccc(C)cc3)C=CSN2)c1C. The molecule has 1 aliphatic heterocycles. The zero-order valence-corrected chi connectivity index (χ0v) is 18.2. The molecule has 4 rings (SSSR count). The van der Waals surface area contributed by atoms with Crippen molar-refractivity contribution in [1.29, 1.82) is 0 Å². The summed E-state index contributed by atoms with van der Waals surface area (Å²) in [5, 5.41) is 3.87. The molecule has 0 saturated heterocycles. The summed E-state index contributed by atoms with van der Waals surface area (Å²) in [6.07, 6.45) is 2.64. The summed E-state index contributed by atoms with van der Waals surface area (Å²) >= 11 is 1.32. The lowest BCUT2D eigenvalue weighted by atomic mass is 9.88. The predicted molar refractivity (Wildman–Crippen MR) is 119 cm³/mol. The van der Waals surface area contributed by atoms with E-state index < -0.39 is 15.8 Å². The van der Waals surface area contributed by atoms with Gasteiger partial charge in [-0.1, -0.05) is 66.9 Å². The Kier molecular flexibility index (Phi) is 5.29. The van der Waals surface area contributed by atoms with Crippen LogP contribution in [0.3, 0.4) is 0 Å². The second kappa shape index (κ2) is 7.61. The zero-order valence-electron chi connectivity index (χ0n) is 16.6. The first-order valence-electron chi connectivity index (χ1n) is 9.51. The van der Waals surface area contributed by atoms with Gasteiger partial charge >= 0.3 is 0 Å². The highest BCUT2D eigenvalue weighted by Gasteiger charge is 2.41. The molecule has 1 atom stereocenters. The van der Waals surface area contributed by atoms with E-state index in [2.05, 4.69) is 17.7 Å². The highest BCUT2D eigenvalue weighted by Crippen LogP contribution is 2.42. The van der Waals surface area contributed by atoms with E-state index in [0.29, 0.717) is 0 Å². The molecule has 0 saturated carbocycles. The topological polar surface area (TPSA) is 55.4 Å². The van der Waals surface area contributed by atoms with E-state index in [1.807, 2.05) is 43.5 Å². The molecule has 1 heterocycles. The van der Waals surface area contributed by atoms with Crippen LogP contribution in [-0.2, 0) is 26.4 Å². The standard InChI is InChI=1S/C23H23NO3S2/c1-4-18-15-19-7-5-6-8-21(19)22(17(18)3)23(13-14-28-24-23)27-29(25,26)20-11-9-16(2)10-12-20/h5-15,24H,4H2,1-3H3. The minimum Gasteiger partial charge on any atom is -0.233 e. The summed E-state index contributed by atoms with van der Waals surface area (Å²) in [7, 11) is -4.00. The maximum Gasteiger partial charge on any atom is 0.299 e. The minimum atomic E-state index is -4.00. The van der Waals surface area contributed by atoms with E-state index in [-0.39, 0.29) is 4.90 Å². The summed E-state index contributed by atoms with van der Waals surface area (Å²) < 4.78 is 35.5. The van der Waals surface area contributed by atoms with Crippen molar-refractivity contribution < 1.29 is 12.6 Å². The fraction of sp³-hybridized carbons (Fsp3) is 0.217. The number of hydrogen-bond acceptors (Lipinski definition) is 5. The number of hydrogen-bond donors (Lipinski definition) is 1. The van der Waals surface area contributed by atoms with Crippen LogP contribution < -0.4 is 4.72 Å². The molecule has 6 heteroatoms. The maximum absolute atomic E-state index is 13.2. The third-order valence-corrected chi connectivity index (χ3v) is 7.33. The summed E-state index contributed by atoms with van der Waals surface area (Å²) in [5.74, 6) is 0. The van der Waals surface area contributed by atoms with Crippen LogP contribution in [-0.4, -0.2) is 8.42 Å². The van der Waals surface area contributed by atoms with Crippen LogP contribution >= 0.6 is 11.9 Å². The molecule has 0 radical (unpaired) electrons. The Morgan fingerprint density at radius 1 is 1.07 bits per heavy atom. The van der Waals surface area contributed by atoms with Crippen LogP contribution in [0.15, 0.2) is 71.0 Å². The molecule has 29 heavy (non-hydrogen) atoms. The highest BCUT2D eigenvalue weighted by molar-refractivity contribution is 8.00. The number of fused-ring (bicyclic) bond motifs is 1. The Morgan fingerprint density at radius 3 is 2.45 bits per heavy atom. The van der Waals surface area contributed by atoms with Crippen molar-refractivity contribution in [3.63, 3.8) is 0 Å². The Bertz CT molecular complexity index is 1200. The first-order valence-corrected chi connectivity index (χ1v) is 11.8. The van der Waals surface area contributed by atoms with E-state index in [0.717, 1.165) is 33.9 Å². The largest absolute Gasteiger partial charge is 0.299 e. The van der Waals surface area contributed by atoms with Crippen LogP contribution in [0.5, 0.6) is 0 Å². The average molecular weight is 426 g/mol. The molecule has 3 aromatic carbocycles. The van der Waals surface area contributed by atoms with Crippen molar-refractivity contribution in [3.8, 4) is 0 Å². The molecular weight excluding hydrogens is 402 g/mol. The molecule has 1 N–H and O–H groups in total. The normalized spacial score (nSPS) is 19.1. The van der Waals surface area contributed by atoms with Gasteiger partial charge in [0, 0.05) is 5.56 Å². The van der Waals surface area contributed by atoms with Crippen molar-refractivity contribution in [1.82, 2.24) is 4.72 Å². The molecule has 0 aromatic heterocycles. The fourth-order valence-electron chi connectivity index (χ4n) is 3.79. The lowest BCUT2D eigenvalue weighted by Gasteiger charge is -2.31. The van der Waals surface area contributed by atoms with E-state index >= 15 is 0 Å². The minimum absolute atomic E-state index is 0.142. The lowest BCUT2D eigenvalue weighted by molar-refractivity contribution is 0.123. The average Bonchev–Trinajstić information content (AvgIpc) is 3.16. The van der Waals surface area contributed by atoms with Gasteiger partial charge in [-0.2, -0.15) is 8.42 Å². The Labute approximate surface area is 176 Å². The van der Waals surface area contributed by atoms with Gasteiger partial charge < -0.3 is 0 Å². The third-order valence-electron chi connectivity index (χ3n) is 5.30. The number of rotatable bonds is 5. The van der Waals surface area contributed by atoms with Crippen LogP contribution in [0, 0.1) is 13.8 Å². The zero-order chi connectivity index (χ0) is 20.6. The van der Waals surface area contributed by atoms with Gasteiger partial charge in [0.05, 0.1) is 4.90 Å². The van der Waals surface area contributed by atoms with E-state index in [1.54, 1.807) is 30.3 Å². The van der Waals surface area contributed by atoms with Crippen LogP contribution in [0.25, 0.3) is 10.8 Å². The van der Waals surface area contributed by atoms with Gasteiger partial charge in [0.2, 0.25) is 0 Å². The molecule has 0 aliphatic carbocycles. The summed E-state index contributed by atoms with van der Waals surface area (Å²) in [6.45, 7) is 6.05. The van der Waals surface area contributed by atoms with Gasteiger partial charge in [-0.15, -0.1) is 0 Å². The smallest absolute Gasteiger partial charge is 0.233 e. The monoisotopic (exact) mass is 425 g/mol. The molecular formula is C23H23NO3S2. The summed E-state index contributed by atoms with van der Waals surface area (Å²) in [4.78, 5) is 0.142. The molecule has 4 nitrogen and oxygen atoms in total. The second-order valence-electron chi connectivity index (χ2n) is 7.22. The number of aryl methyl sites for hydroxylation is 2. The molecule has 0 fully saturated rings. The highest BCUT2D eigenvalue weighted by atomic mass is 32.2. The molecule has 0 amide bonds. The van der Waals surface area contributed by atoms with Crippen molar-refractivity contribution in [3.05, 3.63) is 88.3 Å². The van der Waals surface area contributed by atoms with Gasteiger partial charge in [-0.25, -0.2) is 8.91 Å². The Hall–Kier alpha value is -2.12. The predicted octanol–water partition coefficient (Wildman–Crippen LogP) is 5.34. The first kappa shape index (κ1) is 20.2. The molecule has 1 aliphatic rings. The van der Waals surface area contributed by atoms with Crippen molar-refractivity contribution in [2.45, 2.75) is 37.8 Å². The number of benzene rings is 3. The van der Waals surface area contributed by atoms with E-state index in [1.165, 1.54) is 17.5 Å². The summed E-state index contributed by atoms with van der Waals surface area (Å²) in [5.41, 5.74) is 2.75. The van der Waals surface area contributed by atoms with Crippen molar-refractivity contribution in [2.75, 3.05) is 0 Å². The van der Waals surface area contributed by atoms with Crippen LogP contribution in [0.1, 0.15) is 29.2 Å². The lowest BCUT2D eigenvalue weighted by Crippen LogP contribution is -2.39. The van der Waals surface area contributed by atoms with Crippen molar-refractivity contribution in [2.24, 2.45) is 0 Å². The van der Waals surface area contributed by atoms with E-state index in [4.69, 9.17) is 4.18 Å². The van der Waals surface area contributed by atoms with Gasteiger partial charge in [0.15, 0.2) is 5.72 Å². The first-order chi connectivity index (χ1) is 13.9. The van der Waals surface area contributed by atoms with E-state index in [9.17, 15) is 8.42 Å². The number of nitrogens with one attached hydrogen (secondary N) is 1. The molecule has 0 spiro atoms. The Morgan fingerprint density at radius 2 is 1.79 bits per heavy atom. The maximum atomic E-state index is 13.2. The van der Waals surface area contributed by atoms with Crippen LogP contribution in [0.2, 0.25) is 0 Å². The summed E-state index contributed by atoms with van der Waals surface area (Å²) in [6, 6.07) is 16.9. The van der Waals surface area contributed by atoms with Gasteiger partial charge in [-0.3, -0.25) is 0 Å².